The molecule has 0 spiro atoms. The minimum absolute atomic E-state index is 0.177. The molecule has 0 atom stereocenters. The summed E-state index contributed by atoms with van der Waals surface area (Å²) in [4.78, 5) is 10.8. The molecule has 0 bridgehead atoms. The molecule has 2 rings (SSSR count). The highest BCUT2D eigenvalue weighted by molar-refractivity contribution is 6.33. The third-order valence-corrected chi connectivity index (χ3v) is 3.01. The first kappa shape index (κ1) is 12.9. The van der Waals surface area contributed by atoms with Gasteiger partial charge in [-0.15, -0.1) is 0 Å². The molecule has 2 aromatic carbocycles. The number of carboxylic acids is 1. The van der Waals surface area contributed by atoms with E-state index in [0.717, 1.165) is 12.1 Å². The summed E-state index contributed by atoms with van der Waals surface area (Å²) in [6.45, 7) is 0. The van der Waals surface area contributed by atoms with Crippen molar-refractivity contribution in [3.63, 3.8) is 0 Å². The van der Waals surface area contributed by atoms with Crippen molar-refractivity contribution in [2.45, 2.75) is 0 Å². The maximum Gasteiger partial charge on any atom is 0.338 e. The van der Waals surface area contributed by atoms with E-state index in [1.54, 1.807) is 24.3 Å². The van der Waals surface area contributed by atoms with Crippen molar-refractivity contribution < 1.29 is 14.3 Å². The standard InChI is InChI=1S/C13H7Cl2FO2/c14-8-3-1-7(2-4-8)9-6-12(16)10(13(17)18)5-11(9)15/h1-6H,(H,17,18). The van der Waals surface area contributed by atoms with E-state index in [9.17, 15) is 9.18 Å². The SMILES string of the molecule is O=C(O)c1cc(Cl)c(-c2ccc(Cl)cc2)cc1F. The van der Waals surface area contributed by atoms with E-state index in [1.807, 2.05) is 0 Å². The second-order valence-corrected chi connectivity index (χ2v) is 4.47. The summed E-state index contributed by atoms with van der Waals surface area (Å²) in [5, 5.41) is 9.50. The topological polar surface area (TPSA) is 37.3 Å². The molecule has 2 aromatic rings. The zero-order chi connectivity index (χ0) is 13.3. The van der Waals surface area contributed by atoms with Crippen LogP contribution in [0.1, 0.15) is 10.4 Å². The van der Waals surface area contributed by atoms with Crippen LogP contribution in [0.25, 0.3) is 11.1 Å². The number of rotatable bonds is 2. The Kier molecular flexibility index (Phi) is 3.55. The van der Waals surface area contributed by atoms with Crippen LogP contribution < -0.4 is 0 Å². The second-order valence-electron chi connectivity index (χ2n) is 3.62. The van der Waals surface area contributed by atoms with Gasteiger partial charge < -0.3 is 5.11 Å². The van der Waals surface area contributed by atoms with Crippen molar-refractivity contribution in [2.24, 2.45) is 0 Å². The van der Waals surface area contributed by atoms with E-state index in [0.29, 0.717) is 16.1 Å². The van der Waals surface area contributed by atoms with Crippen molar-refractivity contribution in [3.8, 4) is 11.1 Å². The Balaban J connectivity index is 2.56. The zero-order valence-electron chi connectivity index (χ0n) is 8.95. The fourth-order valence-corrected chi connectivity index (χ4v) is 1.96. The molecule has 0 heterocycles. The normalized spacial score (nSPS) is 10.4. The van der Waals surface area contributed by atoms with Crippen LogP contribution in [0.2, 0.25) is 10.0 Å². The highest BCUT2D eigenvalue weighted by Crippen LogP contribution is 2.31. The third-order valence-electron chi connectivity index (χ3n) is 2.44. The molecule has 0 saturated carbocycles. The monoisotopic (exact) mass is 284 g/mol. The van der Waals surface area contributed by atoms with Gasteiger partial charge in [0.15, 0.2) is 0 Å². The van der Waals surface area contributed by atoms with Crippen LogP contribution in [0.15, 0.2) is 36.4 Å². The average molecular weight is 285 g/mol. The van der Waals surface area contributed by atoms with Crippen LogP contribution in [0.4, 0.5) is 4.39 Å². The number of carbonyl (C=O) groups is 1. The van der Waals surface area contributed by atoms with E-state index in [2.05, 4.69) is 0 Å². The molecule has 0 amide bonds. The zero-order valence-corrected chi connectivity index (χ0v) is 10.5. The largest absolute Gasteiger partial charge is 0.478 e. The van der Waals surface area contributed by atoms with E-state index < -0.39 is 17.3 Å². The molecular formula is C13H7Cl2FO2. The minimum Gasteiger partial charge on any atom is -0.478 e. The van der Waals surface area contributed by atoms with Crippen LogP contribution in [0.3, 0.4) is 0 Å². The van der Waals surface area contributed by atoms with Gasteiger partial charge in [-0.1, -0.05) is 35.3 Å². The predicted octanol–water partition coefficient (Wildman–Crippen LogP) is 4.50. The highest BCUT2D eigenvalue weighted by atomic mass is 35.5. The summed E-state index contributed by atoms with van der Waals surface area (Å²) in [5.74, 6) is -2.17. The predicted molar refractivity (Wildman–Crippen MR) is 68.8 cm³/mol. The Hall–Kier alpha value is -1.58. The van der Waals surface area contributed by atoms with E-state index in [1.165, 1.54) is 0 Å². The van der Waals surface area contributed by atoms with Crippen LogP contribution in [-0.2, 0) is 0 Å². The van der Waals surface area contributed by atoms with Gasteiger partial charge in [0.2, 0.25) is 0 Å². The fraction of sp³-hybridized carbons (Fsp3) is 0. The molecular weight excluding hydrogens is 278 g/mol. The average Bonchev–Trinajstić information content (AvgIpc) is 2.32. The Morgan fingerprint density at radius 3 is 2.28 bits per heavy atom. The van der Waals surface area contributed by atoms with Crippen LogP contribution in [0, 0.1) is 5.82 Å². The molecule has 0 aliphatic heterocycles. The third kappa shape index (κ3) is 2.47. The molecule has 0 unspecified atom stereocenters. The van der Waals surface area contributed by atoms with Gasteiger partial charge in [0, 0.05) is 15.6 Å². The first-order chi connectivity index (χ1) is 8.49. The molecule has 2 nitrogen and oxygen atoms in total. The van der Waals surface area contributed by atoms with Gasteiger partial charge in [0.1, 0.15) is 5.82 Å². The Bertz CT molecular complexity index is 609. The summed E-state index contributed by atoms with van der Waals surface area (Å²) >= 11 is 11.7. The van der Waals surface area contributed by atoms with Gasteiger partial charge in [-0.2, -0.15) is 0 Å². The summed E-state index contributed by atoms with van der Waals surface area (Å²) in [5.41, 5.74) is 0.647. The van der Waals surface area contributed by atoms with Gasteiger partial charge in [0.05, 0.1) is 5.56 Å². The first-order valence-electron chi connectivity index (χ1n) is 4.97. The number of hydrogen-bond donors (Lipinski definition) is 1. The van der Waals surface area contributed by atoms with Gasteiger partial charge in [0.25, 0.3) is 0 Å². The van der Waals surface area contributed by atoms with Crippen LogP contribution in [-0.4, -0.2) is 11.1 Å². The lowest BCUT2D eigenvalue weighted by Gasteiger charge is -2.07. The summed E-state index contributed by atoms with van der Waals surface area (Å²) in [6.07, 6.45) is 0. The van der Waals surface area contributed by atoms with Gasteiger partial charge in [-0.05, 0) is 29.8 Å². The molecule has 1 N–H and O–H groups in total. The molecule has 0 aliphatic rings. The van der Waals surface area contributed by atoms with Gasteiger partial charge >= 0.3 is 5.97 Å². The van der Waals surface area contributed by atoms with Crippen molar-refractivity contribution >= 4 is 29.2 Å². The van der Waals surface area contributed by atoms with Gasteiger partial charge in [-0.25, -0.2) is 9.18 Å². The maximum absolute atomic E-state index is 13.6. The van der Waals surface area contributed by atoms with E-state index in [-0.39, 0.29) is 5.02 Å². The first-order valence-corrected chi connectivity index (χ1v) is 5.73. The molecule has 0 aliphatic carbocycles. The lowest BCUT2D eigenvalue weighted by atomic mass is 10.0. The van der Waals surface area contributed by atoms with Crippen molar-refractivity contribution in [1.82, 2.24) is 0 Å². The Morgan fingerprint density at radius 2 is 1.72 bits per heavy atom. The van der Waals surface area contributed by atoms with Crippen molar-refractivity contribution in [3.05, 3.63) is 57.8 Å². The number of hydrogen-bond acceptors (Lipinski definition) is 1. The minimum atomic E-state index is -1.35. The number of halogens is 3. The van der Waals surface area contributed by atoms with E-state index >= 15 is 0 Å². The lowest BCUT2D eigenvalue weighted by molar-refractivity contribution is 0.0692. The van der Waals surface area contributed by atoms with Gasteiger partial charge in [-0.3, -0.25) is 0 Å². The maximum atomic E-state index is 13.6. The Morgan fingerprint density at radius 1 is 1.11 bits per heavy atom. The summed E-state index contributed by atoms with van der Waals surface area (Å²) in [6, 6.07) is 8.87. The smallest absolute Gasteiger partial charge is 0.338 e. The molecule has 5 heteroatoms. The van der Waals surface area contributed by atoms with Crippen LogP contribution >= 0.6 is 23.2 Å². The molecule has 92 valence electrons. The fourth-order valence-electron chi connectivity index (χ4n) is 1.56. The number of aromatic carboxylic acids is 1. The highest BCUT2D eigenvalue weighted by Gasteiger charge is 2.15. The lowest BCUT2D eigenvalue weighted by Crippen LogP contribution is -2.01. The second kappa shape index (κ2) is 4.96. The Labute approximate surface area is 113 Å². The molecule has 18 heavy (non-hydrogen) atoms. The number of benzene rings is 2. The summed E-state index contributed by atoms with van der Waals surface area (Å²) in [7, 11) is 0. The van der Waals surface area contributed by atoms with Crippen LogP contribution in [0.5, 0.6) is 0 Å². The van der Waals surface area contributed by atoms with Crippen molar-refractivity contribution in [2.75, 3.05) is 0 Å². The molecule has 0 radical (unpaired) electrons. The molecule has 0 fully saturated rings. The quantitative estimate of drug-likeness (QED) is 0.882. The van der Waals surface area contributed by atoms with Crippen molar-refractivity contribution in [1.29, 1.82) is 0 Å². The summed E-state index contributed by atoms with van der Waals surface area (Å²) < 4.78 is 13.6. The molecule has 0 saturated heterocycles. The number of carboxylic acid groups (broad SMARTS) is 1. The molecule has 0 aromatic heterocycles. The van der Waals surface area contributed by atoms with E-state index in [4.69, 9.17) is 28.3 Å².